The maximum absolute atomic E-state index is 13.7. The predicted octanol–water partition coefficient (Wildman–Crippen LogP) is 4.65. The molecule has 79 heavy (non-hydrogen) atoms. The summed E-state index contributed by atoms with van der Waals surface area (Å²) in [6, 6.07) is 1.88. The minimum atomic E-state index is -1.81. The summed E-state index contributed by atoms with van der Waals surface area (Å²) < 4.78 is 112. The molecular weight excluding hydrogens is 1070 g/mol. The molecule has 1 atom stereocenters. The highest BCUT2D eigenvalue weighted by molar-refractivity contribution is 7.14. The third kappa shape index (κ3) is 24.1. The summed E-state index contributed by atoms with van der Waals surface area (Å²) in [5.41, 5.74) is 7.48. The Balaban J connectivity index is 0.790. The maximum atomic E-state index is 13.7. The number of aliphatic hydroxyl groups is 1. The number of likely N-dealkylation sites (tertiary alicyclic amines) is 1. The number of amides is 3. The fourth-order valence-corrected chi connectivity index (χ4v) is 8.40. The van der Waals surface area contributed by atoms with Crippen molar-refractivity contribution in [1.82, 2.24) is 15.1 Å². The second-order valence-electron chi connectivity index (χ2n) is 18.0. The fraction of sp³-hybridized carbons (Fsp3) is 0.642. The van der Waals surface area contributed by atoms with Crippen LogP contribution in [-0.4, -0.2) is 202 Å². The summed E-state index contributed by atoms with van der Waals surface area (Å²) in [5.74, 6) is -2.89. The van der Waals surface area contributed by atoms with Crippen molar-refractivity contribution in [2.45, 2.75) is 70.7 Å². The number of carbonyl (C=O) groups excluding carboxylic acids is 4. The van der Waals surface area contributed by atoms with Crippen LogP contribution in [0.25, 0.3) is 6.08 Å². The number of aliphatic hydroxyl groups excluding tert-OH is 1. The Bertz CT molecular complexity index is 2320. The molecule has 2 aliphatic heterocycles. The van der Waals surface area contributed by atoms with Crippen molar-refractivity contribution < 1.29 is 94.0 Å². The van der Waals surface area contributed by atoms with Crippen LogP contribution in [0.3, 0.4) is 0 Å². The number of hydrogen-bond acceptors (Lipinski definition) is 19. The Morgan fingerprint density at radius 3 is 1.90 bits per heavy atom. The summed E-state index contributed by atoms with van der Waals surface area (Å²) >= 11 is 1.44. The van der Waals surface area contributed by atoms with Crippen LogP contribution >= 0.6 is 11.3 Å². The fourth-order valence-electron chi connectivity index (χ4n) is 7.47. The zero-order chi connectivity index (χ0) is 56.6. The number of nitrogens with one attached hydrogen (secondary N) is 1. The van der Waals surface area contributed by atoms with E-state index in [2.05, 4.69) is 26.9 Å². The monoisotopic (exact) mass is 1140 g/mol. The van der Waals surface area contributed by atoms with E-state index in [1.54, 1.807) is 9.80 Å². The maximum Gasteiger partial charge on any atom is 0.407 e. The zero-order valence-corrected chi connectivity index (χ0v) is 45.4. The van der Waals surface area contributed by atoms with Crippen LogP contribution in [0.5, 0.6) is 5.75 Å². The Labute approximate surface area is 461 Å². The smallest absolute Gasteiger partial charge is 0.407 e. The number of fused-ring (bicyclic) bond motifs is 1. The van der Waals surface area contributed by atoms with Gasteiger partial charge in [0.15, 0.2) is 17.9 Å². The first kappa shape index (κ1) is 64.5. The highest BCUT2D eigenvalue weighted by Crippen LogP contribution is 2.35. The summed E-state index contributed by atoms with van der Waals surface area (Å²) in [4.78, 5) is 59.9. The molecule has 0 spiro atoms. The van der Waals surface area contributed by atoms with Gasteiger partial charge in [0.1, 0.15) is 11.9 Å². The van der Waals surface area contributed by atoms with E-state index in [0.29, 0.717) is 102 Å². The standard InChI is InChI=1S/C53H73F4N5O16S/c1-2-12-61(13-4-11-59-53(67)77-39-5-3-6-39)52(66)38-30-44-43(60-45(58)31-38)32-40(79-44)8-7-37-34-62(35-37)46(64)9-14-68-26-28-75-48(36-63)76-29-27-74-25-24-73-23-22-72-21-20-71-19-18-70-17-16-69-15-10-47(65)78-51-49(56)41(54)33-42(55)50(51)57/h30,32-33,37,39,48,63H,2-6,9-29,31,34-36H2,1H3,(H2,58,60)(H,59,67). The molecule has 3 amide bonds. The Hall–Kier alpha value is -5.31. The van der Waals surface area contributed by atoms with Gasteiger partial charge in [-0.05, 0) is 44.2 Å². The summed E-state index contributed by atoms with van der Waals surface area (Å²) in [6.07, 6.45) is 4.87. The van der Waals surface area contributed by atoms with Gasteiger partial charge in [-0.25, -0.2) is 18.6 Å². The molecule has 0 bridgehead atoms. The number of ether oxygens (including phenoxy) is 11. The van der Waals surface area contributed by atoms with Crippen LogP contribution in [0.15, 0.2) is 22.7 Å². The number of nitrogens with two attached hydrogens (primary N) is 1. The Morgan fingerprint density at radius 1 is 0.797 bits per heavy atom. The Morgan fingerprint density at radius 2 is 1.35 bits per heavy atom. The van der Waals surface area contributed by atoms with Crippen LogP contribution in [-0.2, 0) is 61.8 Å². The zero-order valence-electron chi connectivity index (χ0n) is 44.6. The van der Waals surface area contributed by atoms with Gasteiger partial charge >= 0.3 is 12.1 Å². The van der Waals surface area contributed by atoms with Crippen molar-refractivity contribution in [3.8, 4) is 17.6 Å². The molecule has 5 rings (SSSR count). The lowest BCUT2D eigenvalue weighted by molar-refractivity contribution is -0.176. The lowest BCUT2D eigenvalue weighted by atomic mass is 9.96. The molecule has 26 heteroatoms. The van der Waals surface area contributed by atoms with E-state index in [1.807, 2.05) is 19.1 Å². The molecule has 1 aromatic carbocycles. The van der Waals surface area contributed by atoms with Crippen LogP contribution in [0.4, 0.5) is 28.0 Å². The summed E-state index contributed by atoms with van der Waals surface area (Å²) in [7, 11) is 0. The predicted molar refractivity (Wildman–Crippen MR) is 278 cm³/mol. The van der Waals surface area contributed by atoms with Gasteiger partial charge in [-0.1, -0.05) is 18.8 Å². The number of amidine groups is 1. The van der Waals surface area contributed by atoms with Gasteiger partial charge < -0.3 is 78.1 Å². The molecular formula is C53H73F4N5O16S. The van der Waals surface area contributed by atoms with Crippen molar-refractivity contribution in [2.24, 2.45) is 16.6 Å². The van der Waals surface area contributed by atoms with Crippen LogP contribution in [0.1, 0.15) is 68.0 Å². The second-order valence-corrected chi connectivity index (χ2v) is 19.1. The molecule has 1 aromatic heterocycles. The molecule has 440 valence electrons. The molecule has 1 aliphatic carbocycles. The lowest BCUT2D eigenvalue weighted by Gasteiger charge is -2.36. The third-order valence-corrected chi connectivity index (χ3v) is 12.8. The van der Waals surface area contributed by atoms with E-state index in [9.17, 15) is 41.8 Å². The van der Waals surface area contributed by atoms with Gasteiger partial charge in [0.2, 0.25) is 29.2 Å². The SMILES string of the molecule is CCCN(CCCNC(=O)OC1CCC1)C(=O)C1=Cc2sc(C#CC3CN(C(=O)CCOCCOC(CO)OCCOCCOCCOCCOCCOCCOCCC(=O)Oc4c(F)c(F)cc(F)c4F)C3)cc2N=C(N)C1. The highest BCUT2D eigenvalue weighted by Gasteiger charge is 2.30. The number of benzene rings is 1. The second kappa shape index (κ2) is 36.8. The molecule has 1 saturated carbocycles. The molecule has 2 aromatic rings. The average molecular weight is 1140 g/mol. The number of rotatable bonds is 39. The van der Waals surface area contributed by atoms with Gasteiger partial charge in [0.25, 0.3) is 0 Å². The van der Waals surface area contributed by atoms with Crippen LogP contribution < -0.4 is 15.8 Å². The molecule has 3 aliphatic rings. The minimum absolute atomic E-state index is 0.00938. The first-order valence-corrected chi connectivity index (χ1v) is 27.3. The largest absolute Gasteiger partial charge is 0.446 e. The number of halogens is 4. The van der Waals surface area contributed by atoms with E-state index in [1.165, 1.54) is 11.3 Å². The minimum Gasteiger partial charge on any atom is -0.446 e. The topological polar surface area (TPSA) is 247 Å². The average Bonchev–Trinajstić information content (AvgIpc) is 3.73. The number of esters is 1. The van der Waals surface area contributed by atoms with Crippen LogP contribution in [0, 0.1) is 41.0 Å². The van der Waals surface area contributed by atoms with Gasteiger partial charge in [-0.2, -0.15) is 8.78 Å². The van der Waals surface area contributed by atoms with E-state index < -0.39 is 53.8 Å². The van der Waals surface area contributed by atoms with Gasteiger partial charge in [0.05, 0.1) is 147 Å². The van der Waals surface area contributed by atoms with E-state index in [4.69, 9.17) is 53.1 Å². The van der Waals surface area contributed by atoms with Gasteiger partial charge in [-0.3, -0.25) is 14.4 Å². The van der Waals surface area contributed by atoms with Crippen molar-refractivity contribution >= 4 is 52.8 Å². The number of thiophene rings is 1. The first-order chi connectivity index (χ1) is 38.3. The molecule has 4 N–H and O–H groups in total. The molecule has 2 fully saturated rings. The van der Waals surface area contributed by atoms with Crippen molar-refractivity contribution in [3.63, 3.8) is 0 Å². The lowest BCUT2D eigenvalue weighted by Crippen LogP contribution is -2.49. The number of nitrogens with zero attached hydrogens (tertiary/aromatic N) is 3. The van der Waals surface area contributed by atoms with E-state index >= 15 is 0 Å². The normalized spacial score (nSPS) is 14.7. The number of aliphatic imine (C=N–C) groups is 1. The molecule has 1 unspecified atom stereocenters. The third-order valence-electron chi connectivity index (χ3n) is 11.8. The number of hydrogen-bond donors (Lipinski definition) is 3. The van der Waals surface area contributed by atoms with E-state index in [0.717, 1.165) is 35.4 Å². The van der Waals surface area contributed by atoms with Crippen molar-refractivity contribution in [3.05, 3.63) is 50.7 Å². The summed E-state index contributed by atoms with van der Waals surface area (Å²) in [5, 5.41) is 12.4. The van der Waals surface area contributed by atoms with Crippen molar-refractivity contribution in [2.75, 3.05) is 145 Å². The highest BCUT2D eigenvalue weighted by atomic mass is 32.1. The molecule has 0 radical (unpaired) electrons. The van der Waals surface area contributed by atoms with Gasteiger partial charge in [0, 0.05) is 50.8 Å². The first-order valence-electron chi connectivity index (χ1n) is 26.5. The van der Waals surface area contributed by atoms with E-state index in [-0.39, 0.29) is 109 Å². The van der Waals surface area contributed by atoms with Crippen LogP contribution in [0.2, 0.25) is 0 Å². The number of alkyl carbamates (subject to hydrolysis) is 1. The van der Waals surface area contributed by atoms with Crippen molar-refractivity contribution in [1.29, 1.82) is 0 Å². The quantitative estimate of drug-likeness (QED) is 0.0157. The molecule has 1 saturated heterocycles. The van der Waals surface area contributed by atoms with Gasteiger partial charge in [-0.15, -0.1) is 11.3 Å². The number of carbonyl (C=O) groups is 4. The Kier molecular flexibility index (Phi) is 30.1. The summed E-state index contributed by atoms with van der Waals surface area (Å²) in [6.45, 7) is 7.84. The molecule has 3 heterocycles. The molecule has 21 nitrogen and oxygen atoms in total.